The molecule has 2 aromatic carbocycles. The van der Waals surface area contributed by atoms with Crippen molar-refractivity contribution in [3.8, 4) is 0 Å². The highest BCUT2D eigenvalue weighted by atomic mass is 32.1. The molecule has 0 unspecified atom stereocenters. The second kappa shape index (κ2) is 8.30. The van der Waals surface area contributed by atoms with Crippen molar-refractivity contribution in [3.63, 3.8) is 0 Å². The Morgan fingerprint density at radius 2 is 1.57 bits per heavy atom. The van der Waals surface area contributed by atoms with Gasteiger partial charge in [-0.1, -0.05) is 36.4 Å². The van der Waals surface area contributed by atoms with Crippen LogP contribution in [0, 0.1) is 6.92 Å². The number of carbonyl (C=O) groups excluding carboxylic acids is 2. The minimum atomic E-state index is -0.351. The van der Waals surface area contributed by atoms with E-state index >= 15 is 0 Å². The van der Waals surface area contributed by atoms with E-state index in [1.807, 2.05) is 36.4 Å². The van der Waals surface area contributed by atoms with E-state index in [0.717, 1.165) is 11.3 Å². The third-order valence-electron chi connectivity index (χ3n) is 4.53. The fourth-order valence-corrected chi connectivity index (χ4v) is 4.11. The SMILES string of the molecule is Cc1c(C(=O)Nc2ccccc2)sc2ncn(CC(=O)Nc3ccccc3)c(=O)c12. The van der Waals surface area contributed by atoms with Crippen LogP contribution in [0.15, 0.2) is 71.8 Å². The van der Waals surface area contributed by atoms with Gasteiger partial charge in [0.15, 0.2) is 0 Å². The van der Waals surface area contributed by atoms with E-state index < -0.39 is 0 Å². The minimum absolute atomic E-state index is 0.169. The van der Waals surface area contributed by atoms with Gasteiger partial charge < -0.3 is 10.6 Å². The molecule has 0 aliphatic rings. The first-order valence-electron chi connectivity index (χ1n) is 9.23. The van der Waals surface area contributed by atoms with E-state index in [1.54, 1.807) is 31.2 Å². The van der Waals surface area contributed by atoms with Gasteiger partial charge in [-0.2, -0.15) is 0 Å². The van der Waals surface area contributed by atoms with Crippen molar-refractivity contribution >= 4 is 44.7 Å². The van der Waals surface area contributed by atoms with Gasteiger partial charge in [0.1, 0.15) is 11.4 Å². The van der Waals surface area contributed by atoms with Crippen LogP contribution >= 0.6 is 11.3 Å². The predicted octanol–water partition coefficient (Wildman–Crippen LogP) is 3.66. The summed E-state index contributed by atoms with van der Waals surface area (Å²) in [5.74, 6) is -0.631. The normalized spacial score (nSPS) is 10.7. The van der Waals surface area contributed by atoms with Crippen molar-refractivity contribution in [1.29, 1.82) is 0 Å². The van der Waals surface area contributed by atoms with Gasteiger partial charge in [-0.15, -0.1) is 11.3 Å². The number of fused-ring (bicyclic) bond motifs is 1. The molecular weight excluding hydrogens is 400 g/mol. The lowest BCUT2D eigenvalue weighted by Crippen LogP contribution is -2.27. The Morgan fingerprint density at radius 1 is 0.967 bits per heavy atom. The molecule has 0 spiro atoms. The molecule has 2 N–H and O–H groups in total. The van der Waals surface area contributed by atoms with Crippen LogP contribution in [0.5, 0.6) is 0 Å². The molecular formula is C22H18N4O3S. The number of carbonyl (C=O) groups is 2. The van der Waals surface area contributed by atoms with Gasteiger partial charge in [0.05, 0.1) is 16.6 Å². The Bertz CT molecular complexity index is 1280. The van der Waals surface area contributed by atoms with Crippen molar-refractivity contribution in [2.75, 3.05) is 10.6 Å². The Balaban J connectivity index is 1.59. The lowest BCUT2D eigenvalue weighted by Gasteiger charge is -2.07. The van der Waals surface area contributed by atoms with Gasteiger partial charge in [0, 0.05) is 11.4 Å². The summed E-state index contributed by atoms with van der Waals surface area (Å²) >= 11 is 1.16. The van der Waals surface area contributed by atoms with Crippen LogP contribution in [0.25, 0.3) is 10.2 Å². The predicted molar refractivity (Wildman–Crippen MR) is 118 cm³/mol. The molecule has 7 nitrogen and oxygen atoms in total. The first-order chi connectivity index (χ1) is 14.5. The van der Waals surface area contributed by atoms with Crippen LogP contribution in [0.3, 0.4) is 0 Å². The number of aromatic nitrogens is 2. The van der Waals surface area contributed by atoms with Crippen molar-refractivity contribution in [2.24, 2.45) is 0 Å². The zero-order valence-corrected chi connectivity index (χ0v) is 16.9. The number of aryl methyl sites for hydroxylation is 1. The highest BCUT2D eigenvalue weighted by molar-refractivity contribution is 7.20. The van der Waals surface area contributed by atoms with E-state index in [-0.39, 0.29) is 23.9 Å². The van der Waals surface area contributed by atoms with E-state index in [1.165, 1.54) is 10.9 Å². The van der Waals surface area contributed by atoms with Crippen molar-refractivity contribution in [1.82, 2.24) is 9.55 Å². The summed E-state index contributed by atoms with van der Waals surface area (Å²) in [5, 5.41) is 5.92. The number of anilines is 2. The number of nitrogens with one attached hydrogen (secondary N) is 2. The highest BCUT2D eigenvalue weighted by Gasteiger charge is 2.20. The maximum atomic E-state index is 12.9. The minimum Gasteiger partial charge on any atom is -0.325 e. The van der Waals surface area contributed by atoms with Crippen LogP contribution in [0.1, 0.15) is 15.2 Å². The van der Waals surface area contributed by atoms with Gasteiger partial charge in [-0.25, -0.2) is 4.98 Å². The van der Waals surface area contributed by atoms with Crippen LogP contribution in [-0.2, 0) is 11.3 Å². The van der Waals surface area contributed by atoms with Gasteiger partial charge in [-0.05, 0) is 36.8 Å². The Morgan fingerprint density at radius 3 is 2.20 bits per heavy atom. The molecule has 0 fully saturated rings. The van der Waals surface area contributed by atoms with Gasteiger partial charge in [-0.3, -0.25) is 19.0 Å². The molecule has 4 rings (SSSR count). The molecule has 0 saturated heterocycles. The molecule has 30 heavy (non-hydrogen) atoms. The number of amides is 2. The Hall–Kier alpha value is -3.78. The first-order valence-corrected chi connectivity index (χ1v) is 10.0. The largest absolute Gasteiger partial charge is 0.325 e. The number of rotatable bonds is 5. The quantitative estimate of drug-likeness (QED) is 0.517. The fourth-order valence-electron chi connectivity index (χ4n) is 3.07. The number of nitrogens with zero attached hydrogens (tertiary/aromatic N) is 2. The average molecular weight is 418 g/mol. The second-order valence-corrected chi connectivity index (χ2v) is 7.65. The summed E-state index contributed by atoms with van der Waals surface area (Å²) in [6.45, 7) is 1.55. The van der Waals surface area contributed by atoms with Crippen molar-refractivity contribution in [3.05, 3.63) is 87.8 Å². The van der Waals surface area contributed by atoms with Crippen molar-refractivity contribution < 1.29 is 9.59 Å². The molecule has 2 heterocycles. The summed E-state index contributed by atoms with van der Waals surface area (Å²) in [4.78, 5) is 43.1. The summed E-state index contributed by atoms with van der Waals surface area (Å²) in [5.41, 5.74) is 1.52. The van der Waals surface area contributed by atoms with Crippen LogP contribution < -0.4 is 16.2 Å². The number of para-hydroxylation sites is 2. The molecule has 8 heteroatoms. The molecule has 0 aliphatic heterocycles. The lowest BCUT2D eigenvalue weighted by atomic mass is 10.2. The van der Waals surface area contributed by atoms with Gasteiger partial charge in [0.25, 0.3) is 11.5 Å². The summed E-state index contributed by atoms with van der Waals surface area (Å²) < 4.78 is 1.25. The third kappa shape index (κ3) is 3.99. The zero-order valence-electron chi connectivity index (χ0n) is 16.1. The molecule has 4 aromatic rings. The maximum Gasteiger partial charge on any atom is 0.266 e. The molecule has 0 radical (unpaired) electrons. The highest BCUT2D eigenvalue weighted by Crippen LogP contribution is 2.27. The number of benzene rings is 2. The second-order valence-electron chi connectivity index (χ2n) is 6.65. The summed E-state index contributed by atoms with van der Waals surface area (Å²) in [6, 6.07) is 18.1. The van der Waals surface area contributed by atoms with Crippen LogP contribution in [-0.4, -0.2) is 21.4 Å². The number of hydrogen-bond acceptors (Lipinski definition) is 5. The molecule has 0 aliphatic carbocycles. The number of thiophene rings is 1. The Kier molecular flexibility index (Phi) is 5.40. The van der Waals surface area contributed by atoms with E-state index in [4.69, 9.17) is 0 Å². The Labute approximate surface area is 176 Å². The average Bonchev–Trinajstić information content (AvgIpc) is 3.09. The smallest absolute Gasteiger partial charge is 0.266 e. The number of hydrogen-bond donors (Lipinski definition) is 2. The van der Waals surface area contributed by atoms with Gasteiger partial charge >= 0.3 is 0 Å². The molecule has 2 aromatic heterocycles. The van der Waals surface area contributed by atoms with Crippen LogP contribution in [0.4, 0.5) is 11.4 Å². The molecule has 0 atom stereocenters. The van der Waals surface area contributed by atoms with E-state index in [2.05, 4.69) is 15.6 Å². The monoisotopic (exact) mass is 418 g/mol. The third-order valence-corrected chi connectivity index (χ3v) is 5.73. The van der Waals surface area contributed by atoms with E-state index in [9.17, 15) is 14.4 Å². The standard InChI is InChI=1S/C22H18N4O3S/c1-14-18-21(30-19(14)20(28)25-16-10-6-3-7-11-16)23-13-26(22(18)29)12-17(27)24-15-8-4-2-5-9-15/h2-11,13H,12H2,1H3,(H,24,27)(H,25,28). The fraction of sp³-hybridized carbons (Fsp3) is 0.0909. The van der Waals surface area contributed by atoms with Crippen LogP contribution in [0.2, 0.25) is 0 Å². The first kappa shape index (κ1) is 19.5. The zero-order chi connectivity index (χ0) is 21.1. The molecule has 0 saturated carbocycles. The van der Waals surface area contributed by atoms with Crippen molar-refractivity contribution in [2.45, 2.75) is 13.5 Å². The molecule has 150 valence electrons. The molecule has 2 amide bonds. The van der Waals surface area contributed by atoms with Gasteiger partial charge in [0.2, 0.25) is 5.91 Å². The lowest BCUT2D eigenvalue weighted by molar-refractivity contribution is -0.116. The summed E-state index contributed by atoms with van der Waals surface area (Å²) in [6.07, 6.45) is 1.34. The topological polar surface area (TPSA) is 93.1 Å². The van der Waals surface area contributed by atoms with E-state index in [0.29, 0.717) is 32.0 Å². The summed E-state index contributed by atoms with van der Waals surface area (Å²) in [7, 11) is 0. The maximum absolute atomic E-state index is 12.9. The molecule has 0 bridgehead atoms.